The number of rotatable bonds is 4. The van der Waals surface area contributed by atoms with E-state index in [2.05, 4.69) is 10.4 Å². The minimum absolute atomic E-state index is 0.154. The summed E-state index contributed by atoms with van der Waals surface area (Å²) in [6.45, 7) is 4.13. The van der Waals surface area contributed by atoms with Gasteiger partial charge in [-0.1, -0.05) is 0 Å². The molecule has 0 fully saturated rings. The van der Waals surface area contributed by atoms with Crippen LogP contribution in [0.15, 0.2) is 22.9 Å². The van der Waals surface area contributed by atoms with Gasteiger partial charge in [0.05, 0.1) is 11.7 Å². The number of carbonyl (C=O) groups is 2. The molecule has 0 aromatic carbocycles. The van der Waals surface area contributed by atoms with Gasteiger partial charge in [-0.25, -0.2) is 0 Å². The molecule has 0 unspecified atom stereocenters. The Kier molecular flexibility index (Phi) is 4.19. The molecule has 0 bridgehead atoms. The first-order chi connectivity index (χ1) is 9.49. The van der Waals surface area contributed by atoms with E-state index in [0.717, 1.165) is 17.0 Å². The molecule has 0 aliphatic rings. The Bertz CT molecular complexity index is 618. The Labute approximate surface area is 120 Å². The molecule has 0 radical (unpaired) electrons. The van der Waals surface area contributed by atoms with Crippen LogP contribution in [0.25, 0.3) is 0 Å². The molecule has 2 aromatic heterocycles. The summed E-state index contributed by atoms with van der Waals surface area (Å²) >= 11 is 1.57. The van der Waals surface area contributed by atoms with Gasteiger partial charge < -0.3 is 11.1 Å². The third kappa shape index (κ3) is 3.05. The number of nitrogens with zero attached hydrogens (tertiary/aromatic N) is 2. The number of thiophene rings is 1. The van der Waals surface area contributed by atoms with Gasteiger partial charge in [0, 0.05) is 12.2 Å². The van der Waals surface area contributed by atoms with E-state index in [9.17, 15) is 9.59 Å². The highest BCUT2D eigenvalue weighted by Gasteiger charge is 2.19. The molecule has 20 heavy (non-hydrogen) atoms. The van der Waals surface area contributed by atoms with Gasteiger partial charge >= 0.3 is 11.8 Å². The molecule has 0 aliphatic heterocycles. The molecular formula is C13H16N4O2S. The van der Waals surface area contributed by atoms with E-state index in [1.807, 2.05) is 41.4 Å². The SMILES string of the molecule is Cc1cc(C)n([C@@H](CNC(=O)C(N)=O)c2ccsc2)n1. The highest BCUT2D eigenvalue weighted by atomic mass is 32.1. The van der Waals surface area contributed by atoms with Crippen molar-refractivity contribution in [3.8, 4) is 0 Å². The highest BCUT2D eigenvalue weighted by Crippen LogP contribution is 2.22. The summed E-state index contributed by atoms with van der Waals surface area (Å²) in [6, 6.07) is 3.79. The van der Waals surface area contributed by atoms with Gasteiger partial charge in [-0.2, -0.15) is 16.4 Å². The number of aromatic nitrogens is 2. The summed E-state index contributed by atoms with van der Waals surface area (Å²) in [5.74, 6) is -1.77. The lowest BCUT2D eigenvalue weighted by Gasteiger charge is -2.18. The first kappa shape index (κ1) is 14.3. The van der Waals surface area contributed by atoms with Gasteiger partial charge in [-0.15, -0.1) is 0 Å². The van der Waals surface area contributed by atoms with Gasteiger partial charge in [0.1, 0.15) is 0 Å². The van der Waals surface area contributed by atoms with Crippen molar-refractivity contribution in [2.75, 3.05) is 6.54 Å². The number of aryl methyl sites for hydroxylation is 2. The summed E-state index contributed by atoms with van der Waals surface area (Å²) in [6.07, 6.45) is 0. The Morgan fingerprint density at radius 1 is 1.50 bits per heavy atom. The van der Waals surface area contributed by atoms with E-state index in [1.54, 1.807) is 11.3 Å². The van der Waals surface area contributed by atoms with Crippen LogP contribution in [0.2, 0.25) is 0 Å². The van der Waals surface area contributed by atoms with Gasteiger partial charge in [0.15, 0.2) is 0 Å². The second kappa shape index (κ2) is 5.87. The maximum absolute atomic E-state index is 11.3. The number of hydrogen-bond acceptors (Lipinski definition) is 4. The summed E-state index contributed by atoms with van der Waals surface area (Å²) < 4.78 is 1.85. The number of amides is 2. The second-order valence-electron chi connectivity index (χ2n) is 4.52. The van der Waals surface area contributed by atoms with Crippen LogP contribution in [-0.4, -0.2) is 28.1 Å². The van der Waals surface area contributed by atoms with E-state index in [0.29, 0.717) is 0 Å². The molecule has 2 heterocycles. The van der Waals surface area contributed by atoms with E-state index in [4.69, 9.17) is 5.73 Å². The van der Waals surface area contributed by atoms with Crippen molar-refractivity contribution >= 4 is 23.2 Å². The van der Waals surface area contributed by atoms with E-state index >= 15 is 0 Å². The van der Waals surface area contributed by atoms with Crippen LogP contribution >= 0.6 is 11.3 Å². The molecule has 0 saturated heterocycles. The van der Waals surface area contributed by atoms with Gasteiger partial charge in [-0.3, -0.25) is 14.3 Å². The molecule has 7 heteroatoms. The van der Waals surface area contributed by atoms with Crippen molar-refractivity contribution in [2.24, 2.45) is 5.73 Å². The maximum atomic E-state index is 11.3. The number of carbonyl (C=O) groups excluding carboxylic acids is 2. The fourth-order valence-corrected chi connectivity index (χ4v) is 2.76. The summed E-state index contributed by atoms with van der Waals surface area (Å²) in [5.41, 5.74) is 7.87. The minimum atomic E-state index is -0.984. The smallest absolute Gasteiger partial charge is 0.309 e. The van der Waals surface area contributed by atoms with Crippen LogP contribution < -0.4 is 11.1 Å². The highest BCUT2D eigenvalue weighted by molar-refractivity contribution is 7.07. The van der Waals surface area contributed by atoms with E-state index in [-0.39, 0.29) is 12.6 Å². The molecule has 1 atom stereocenters. The Balaban J connectivity index is 2.24. The molecule has 0 spiro atoms. The standard InChI is InChI=1S/C13H16N4O2S/c1-8-5-9(2)17(16-8)11(10-3-4-20-7-10)6-15-13(19)12(14)18/h3-5,7,11H,6H2,1-2H3,(H2,14,18)(H,15,19)/t11-/m0/s1. The minimum Gasteiger partial charge on any atom is -0.361 e. The third-order valence-corrected chi connectivity index (χ3v) is 3.65. The summed E-state index contributed by atoms with van der Waals surface area (Å²) in [7, 11) is 0. The monoisotopic (exact) mass is 292 g/mol. The summed E-state index contributed by atoms with van der Waals surface area (Å²) in [4.78, 5) is 22.1. The lowest BCUT2D eigenvalue weighted by atomic mass is 10.1. The van der Waals surface area contributed by atoms with Crippen molar-refractivity contribution in [2.45, 2.75) is 19.9 Å². The third-order valence-electron chi connectivity index (χ3n) is 2.95. The second-order valence-corrected chi connectivity index (χ2v) is 5.30. The lowest BCUT2D eigenvalue weighted by molar-refractivity contribution is -0.137. The normalized spacial score (nSPS) is 12.1. The van der Waals surface area contributed by atoms with Crippen molar-refractivity contribution in [1.29, 1.82) is 0 Å². The molecule has 2 amide bonds. The summed E-state index contributed by atoms with van der Waals surface area (Å²) in [5, 5.41) is 10.9. The van der Waals surface area contributed by atoms with Crippen LogP contribution in [0.3, 0.4) is 0 Å². The first-order valence-electron chi connectivity index (χ1n) is 6.11. The number of primary amides is 1. The zero-order chi connectivity index (χ0) is 14.7. The van der Waals surface area contributed by atoms with Gasteiger partial charge in [0.25, 0.3) is 0 Å². The quantitative estimate of drug-likeness (QED) is 0.815. The molecule has 6 nitrogen and oxygen atoms in total. The topological polar surface area (TPSA) is 90.0 Å². The van der Waals surface area contributed by atoms with Crippen molar-refractivity contribution < 1.29 is 9.59 Å². The van der Waals surface area contributed by atoms with Crippen molar-refractivity contribution in [3.63, 3.8) is 0 Å². The van der Waals surface area contributed by atoms with Gasteiger partial charge in [-0.05, 0) is 42.3 Å². The molecular weight excluding hydrogens is 276 g/mol. The zero-order valence-electron chi connectivity index (χ0n) is 11.3. The molecule has 0 saturated carbocycles. The zero-order valence-corrected chi connectivity index (χ0v) is 12.1. The van der Waals surface area contributed by atoms with Crippen LogP contribution in [0.5, 0.6) is 0 Å². The predicted molar refractivity (Wildman–Crippen MR) is 76.4 cm³/mol. The fourth-order valence-electron chi connectivity index (χ4n) is 2.05. The van der Waals surface area contributed by atoms with Gasteiger partial charge in [0.2, 0.25) is 0 Å². The number of hydrogen-bond donors (Lipinski definition) is 2. The average molecular weight is 292 g/mol. The lowest BCUT2D eigenvalue weighted by Crippen LogP contribution is -2.39. The maximum Gasteiger partial charge on any atom is 0.309 e. The molecule has 2 rings (SSSR count). The van der Waals surface area contributed by atoms with Crippen molar-refractivity contribution in [3.05, 3.63) is 39.8 Å². The Morgan fingerprint density at radius 3 is 2.75 bits per heavy atom. The molecule has 106 valence electrons. The molecule has 0 aliphatic carbocycles. The van der Waals surface area contributed by atoms with Crippen LogP contribution in [0, 0.1) is 13.8 Å². The van der Waals surface area contributed by atoms with E-state index < -0.39 is 11.8 Å². The van der Waals surface area contributed by atoms with Crippen LogP contribution in [0.1, 0.15) is 23.0 Å². The Hall–Kier alpha value is -2.15. The molecule has 2 aromatic rings. The van der Waals surface area contributed by atoms with Crippen molar-refractivity contribution in [1.82, 2.24) is 15.1 Å². The fraction of sp³-hybridized carbons (Fsp3) is 0.308. The predicted octanol–water partition coefficient (Wildman–Crippen LogP) is 0.752. The van der Waals surface area contributed by atoms with Crippen LogP contribution in [0.4, 0.5) is 0 Å². The number of nitrogens with one attached hydrogen (secondary N) is 1. The first-order valence-corrected chi connectivity index (χ1v) is 7.06. The molecule has 3 N–H and O–H groups in total. The van der Waals surface area contributed by atoms with E-state index in [1.165, 1.54) is 0 Å². The number of nitrogens with two attached hydrogens (primary N) is 1. The average Bonchev–Trinajstić information content (AvgIpc) is 3.00. The largest absolute Gasteiger partial charge is 0.361 e. The Morgan fingerprint density at radius 2 is 2.25 bits per heavy atom. The van der Waals surface area contributed by atoms with Crippen LogP contribution in [-0.2, 0) is 9.59 Å².